The lowest BCUT2D eigenvalue weighted by Gasteiger charge is -2.34. The number of carbonyl (C=O) groups is 1. The molecule has 2 aromatic carbocycles. The van der Waals surface area contributed by atoms with Gasteiger partial charge in [0.2, 0.25) is 10.0 Å². The van der Waals surface area contributed by atoms with Crippen LogP contribution in [0.4, 0.5) is 4.39 Å². The summed E-state index contributed by atoms with van der Waals surface area (Å²) < 4.78 is 41.7. The zero-order chi connectivity index (χ0) is 19.9. The zero-order valence-electron chi connectivity index (χ0n) is 15.3. The molecule has 0 N–H and O–H groups in total. The summed E-state index contributed by atoms with van der Waals surface area (Å²) in [4.78, 5) is 15.0. The predicted molar refractivity (Wildman–Crippen MR) is 108 cm³/mol. The summed E-state index contributed by atoms with van der Waals surface area (Å²) in [6.07, 6.45) is 0. The third-order valence-electron chi connectivity index (χ3n) is 5.02. The van der Waals surface area contributed by atoms with Crippen molar-refractivity contribution in [3.8, 4) is 0 Å². The molecular formula is C20H19FN2O3S2. The van der Waals surface area contributed by atoms with Gasteiger partial charge in [-0.25, -0.2) is 12.8 Å². The number of carbonyl (C=O) groups excluding carboxylic acids is 1. The van der Waals surface area contributed by atoms with Gasteiger partial charge in [-0.15, -0.1) is 11.3 Å². The van der Waals surface area contributed by atoms with Gasteiger partial charge in [-0.1, -0.05) is 30.3 Å². The van der Waals surface area contributed by atoms with Gasteiger partial charge in [0, 0.05) is 30.9 Å². The summed E-state index contributed by atoms with van der Waals surface area (Å²) in [6, 6.07) is 13.2. The Labute approximate surface area is 167 Å². The fourth-order valence-corrected chi connectivity index (χ4v) is 6.11. The van der Waals surface area contributed by atoms with Crippen molar-refractivity contribution in [3.63, 3.8) is 0 Å². The molecule has 2 heterocycles. The number of rotatable bonds is 3. The number of aryl methyl sites for hydroxylation is 1. The van der Waals surface area contributed by atoms with Gasteiger partial charge in [0.05, 0.1) is 4.88 Å². The number of nitrogens with zero attached hydrogens (tertiary/aromatic N) is 2. The van der Waals surface area contributed by atoms with Gasteiger partial charge >= 0.3 is 0 Å². The Bertz CT molecular complexity index is 1150. The molecule has 28 heavy (non-hydrogen) atoms. The number of hydrogen-bond acceptors (Lipinski definition) is 4. The minimum atomic E-state index is -3.91. The topological polar surface area (TPSA) is 57.7 Å². The van der Waals surface area contributed by atoms with Crippen molar-refractivity contribution in [1.82, 2.24) is 9.21 Å². The SMILES string of the molecule is Cc1c(C(=O)N2CCN(S(=O)(=O)c3ccccc3F)CC2)sc2ccccc12. The first-order chi connectivity index (χ1) is 13.4. The van der Waals surface area contributed by atoms with Crippen LogP contribution in [0, 0.1) is 12.7 Å². The number of piperazine rings is 1. The molecule has 8 heteroatoms. The van der Waals surface area contributed by atoms with Crippen molar-refractivity contribution >= 4 is 37.4 Å². The predicted octanol–water partition coefficient (Wildman–Crippen LogP) is 3.50. The molecule has 0 aliphatic carbocycles. The molecule has 5 nitrogen and oxygen atoms in total. The highest BCUT2D eigenvalue weighted by molar-refractivity contribution is 7.89. The molecule has 3 aromatic rings. The van der Waals surface area contributed by atoms with Crippen LogP contribution in [0.15, 0.2) is 53.4 Å². The fraction of sp³-hybridized carbons (Fsp3) is 0.250. The highest BCUT2D eigenvalue weighted by Crippen LogP contribution is 2.32. The second-order valence-corrected chi connectivity index (χ2v) is 9.64. The molecule has 146 valence electrons. The Morgan fingerprint density at radius 1 is 1.00 bits per heavy atom. The summed E-state index contributed by atoms with van der Waals surface area (Å²) in [5.41, 5.74) is 0.951. The van der Waals surface area contributed by atoms with Crippen LogP contribution in [-0.2, 0) is 10.0 Å². The van der Waals surface area contributed by atoms with Crippen molar-refractivity contribution in [2.45, 2.75) is 11.8 Å². The van der Waals surface area contributed by atoms with Crippen LogP contribution in [-0.4, -0.2) is 49.7 Å². The average molecular weight is 419 g/mol. The normalized spacial score (nSPS) is 15.9. The second-order valence-electron chi connectivity index (χ2n) is 6.68. The van der Waals surface area contributed by atoms with Gasteiger partial charge < -0.3 is 4.90 Å². The van der Waals surface area contributed by atoms with Crippen LogP contribution >= 0.6 is 11.3 Å². The van der Waals surface area contributed by atoms with Gasteiger partial charge in [-0.05, 0) is 36.1 Å². The number of benzene rings is 2. The minimum Gasteiger partial charge on any atom is -0.335 e. The zero-order valence-corrected chi connectivity index (χ0v) is 16.9. The van der Waals surface area contributed by atoms with Crippen molar-refractivity contribution < 1.29 is 17.6 Å². The maximum Gasteiger partial charge on any atom is 0.264 e. The van der Waals surface area contributed by atoms with E-state index in [1.54, 1.807) is 4.90 Å². The maximum absolute atomic E-state index is 13.9. The molecule has 1 fully saturated rings. The van der Waals surface area contributed by atoms with E-state index in [0.717, 1.165) is 21.7 Å². The van der Waals surface area contributed by atoms with Gasteiger partial charge in [0.1, 0.15) is 10.7 Å². The number of sulfonamides is 1. The number of halogens is 1. The van der Waals surface area contributed by atoms with Gasteiger partial charge in [-0.3, -0.25) is 4.79 Å². The van der Waals surface area contributed by atoms with Crippen LogP contribution in [0.5, 0.6) is 0 Å². The molecule has 1 amide bonds. The van der Waals surface area contributed by atoms with Crippen molar-refractivity contribution in [3.05, 3.63) is 64.8 Å². The number of amides is 1. The standard InChI is InChI=1S/C20H19FN2O3S2/c1-14-15-6-2-4-8-17(15)27-19(14)20(24)22-10-12-23(13-11-22)28(25,26)18-9-5-3-7-16(18)21/h2-9H,10-13H2,1H3. The van der Waals surface area contributed by atoms with E-state index < -0.39 is 15.8 Å². The van der Waals surface area contributed by atoms with Crippen molar-refractivity contribution in [2.75, 3.05) is 26.2 Å². The lowest BCUT2D eigenvalue weighted by molar-refractivity contribution is 0.0702. The summed E-state index contributed by atoms with van der Waals surface area (Å²) in [7, 11) is -3.91. The first kappa shape index (κ1) is 19.0. The first-order valence-corrected chi connectivity index (χ1v) is 11.2. The Morgan fingerprint density at radius 2 is 1.64 bits per heavy atom. The van der Waals surface area contributed by atoms with Crippen LogP contribution in [0.3, 0.4) is 0 Å². The summed E-state index contributed by atoms with van der Waals surface area (Å²) in [6.45, 7) is 2.78. The third-order valence-corrected chi connectivity index (χ3v) is 8.21. The minimum absolute atomic E-state index is 0.0818. The molecule has 1 aromatic heterocycles. The fourth-order valence-electron chi connectivity index (χ4n) is 3.45. The van der Waals surface area contributed by atoms with Gasteiger partial charge in [0.15, 0.2) is 0 Å². The van der Waals surface area contributed by atoms with E-state index in [2.05, 4.69) is 0 Å². The summed E-state index contributed by atoms with van der Waals surface area (Å²) in [5, 5.41) is 1.07. The molecule has 4 rings (SSSR count). The lowest BCUT2D eigenvalue weighted by atomic mass is 10.1. The van der Waals surface area contributed by atoms with E-state index in [0.29, 0.717) is 4.88 Å². The van der Waals surface area contributed by atoms with Crippen molar-refractivity contribution in [1.29, 1.82) is 0 Å². The van der Waals surface area contributed by atoms with Gasteiger partial charge in [-0.2, -0.15) is 4.31 Å². The molecule has 0 saturated carbocycles. The summed E-state index contributed by atoms with van der Waals surface area (Å²) in [5.74, 6) is -0.844. The molecule has 0 bridgehead atoms. The highest BCUT2D eigenvalue weighted by atomic mass is 32.2. The van der Waals surface area contributed by atoms with Crippen LogP contribution < -0.4 is 0 Å². The Balaban J connectivity index is 1.51. The molecule has 0 unspecified atom stereocenters. The molecule has 1 aliphatic heterocycles. The van der Waals surface area contributed by atoms with E-state index in [-0.39, 0.29) is 37.0 Å². The quantitative estimate of drug-likeness (QED) is 0.654. The van der Waals surface area contributed by atoms with Crippen LogP contribution in [0.2, 0.25) is 0 Å². The number of thiophene rings is 1. The molecule has 1 saturated heterocycles. The van der Waals surface area contributed by atoms with E-state index in [1.165, 1.54) is 33.8 Å². The first-order valence-electron chi connectivity index (χ1n) is 8.91. The molecule has 0 radical (unpaired) electrons. The molecule has 0 atom stereocenters. The van der Waals surface area contributed by atoms with E-state index in [1.807, 2.05) is 31.2 Å². The lowest BCUT2D eigenvalue weighted by Crippen LogP contribution is -2.50. The average Bonchev–Trinajstić information content (AvgIpc) is 3.04. The van der Waals surface area contributed by atoms with Crippen LogP contribution in [0.25, 0.3) is 10.1 Å². The van der Waals surface area contributed by atoms with Gasteiger partial charge in [0.25, 0.3) is 5.91 Å². The third kappa shape index (κ3) is 3.21. The molecule has 1 aliphatic rings. The molecule has 0 spiro atoms. The number of hydrogen-bond donors (Lipinski definition) is 0. The summed E-state index contributed by atoms with van der Waals surface area (Å²) >= 11 is 1.46. The largest absolute Gasteiger partial charge is 0.335 e. The van der Waals surface area contributed by atoms with Crippen molar-refractivity contribution in [2.24, 2.45) is 0 Å². The smallest absolute Gasteiger partial charge is 0.264 e. The van der Waals surface area contributed by atoms with E-state index >= 15 is 0 Å². The number of fused-ring (bicyclic) bond motifs is 1. The Kier molecular flexibility index (Phi) is 4.95. The van der Waals surface area contributed by atoms with E-state index in [9.17, 15) is 17.6 Å². The molecular weight excluding hydrogens is 399 g/mol. The maximum atomic E-state index is 13.9. The Morgan fingerprint density at radius 3 is 2.32 bits per heavy atom. The highest BCUT2D eigenvalue weighted by Gasteiger charge is 2.32. The Hall–Kier alpha value is -2.29. The monoisotopic (exact) mass is 418 g/mol. The van der Waals surface area contributed by atoms with E-state index in [4.69, 9.17) is 0 Å². The second kappa shape index (κ2) is 7.27. The van der Waals surface area contributed by atoms with Crippen LogP contribution in [0.1, 0.15) is 15.2 Å².